The molecule has 0 rings (SSSR count). The zero-order chi connectivity index (χ0) is 7.98. The minimum atomic E-state index is -0.433. The molecular weight excluding hydrogens is 134 g/mol. The van der Waals surface area contributed by atoms with Crippen molar-refractivity contribution in [3.05, 3.63) is 0 Å². The highest BCUT2D eigenvalue weighted by atomic mass is 16.2. The Morgan fingerprint density at radius 3 is 2.40 bits per heavy atom. The van der Waals surface area contributed by atoms with Crippen molar-refractivity contribution in [2.75, 3.05) is 13.1 Å². The first-order valence-electron chi connectivity index (χ1n) is 2.92. The maximum atomic E-state index is 10.4. The van der Waals surface area contributed by atoms with Crippen LogP contribution < -0.4 is 16.8 Å². The van der Waals surface area contributed by atoms with E-state index in [2.05, 4.69) is 5.32 Å². The number of nitrogens with two attached hydrogens (primary N) is 2. The molecule has 0 aliphatic carbocycles. The van der Waals surface area contributed by atoms with E-state index in [4.69, 9.17) is 11.5 Å². The summed E-state index contributed by atoms with van der Waals surface area (Å²) in [5.74, 6) is -0.710. The Labute approximate surface area is 58.8 Å². The summed E-state index contributed by atoms with van der Waals surface area (Å²) in [6.45, 7) is 0.212. The number of carbonyl (C=O) groups is 2. The van der Waals surface area contributed by atoms with Crippen LogP contribution in [0.15, 0.2) is 0 Å². The summed E-state index contributed by atoms with van der Waals surface area (Å²) in [5, 5.41) is 2.40. The summed E-state index contributed by atoms with van der Waals surface area (Å²) >= 11 is 0. The summed E-state index contributed by atoms with van der Waals surface area (Å²) in [4.78, 5) is 20.5. The Hall–Kier alpha value is -1.10. The number of hydrogen-bond acceptors (Lipinski definition) is 3. The third-order valence-electron chi connectivity index (χ3n) is 0.879. The molecule has 0 fully saturated rings. The monoisotopic (exact) mass is 145 g/mol. The second-order valence-electron chi connectivity index (χ2n) is 1.77. The van der Waals surface area contributed by atoms with Crippen LogP contribution in [-0.4, -0.2) is 24.9 Å². The number of rotatable bonds is 4. The molecule has 0 unspecified atom stereocenters. The van der Waals surface area contributed by atoms with E-state index in [0.717, 1.165) is 0 Å². The summed E-state index contributed by atoms with van der Waals surface area (Å²) in [5.41, 5.74) is 9.76. The standard InChI is InChI=1S/C5H11N3O2/c6-3-5(10)8-2-1-4(7)9/h1-3,6H2,(H2,7,9)(H,8,10). The molecule has 0 aromatic rings. The molecule has 5 nitrogen and oxygen atoms in total. The Morgan fingerprint density at radius 1 is 1.40 bits per heavy atom. The van der Waals surface area contributed by atoms with E-state index in [0.29, 0.717) is 0 Å². The average Bonchev–Trinajstić information content (AvgIpc) is 1.87. The van der Waals surface area contributed by atoms with Crippen LogP contribution in [0.4, 0.5) is 0 Å². The van der Waals surface area contributed by atoms with Gasteiger partial charge in [-0.1, -0.05) is 0 Å². The van der Waals surface area contributed by atoms with Gasteiger partial charge in [0.1, 0.15) is 0 Å². The number of hydrogen-bond donors (Lipinski definition) is 3. The Morgan fingerprint density at radius 2 is 2.00 bits per heavy atom. The van der Waals surface area contributed by atoms with Crippen LogP contribution in [0.5, 0.6) is 0 Å². The zero-order valence-electron chi connectivity index (χ0n) is 5.59. The molecule has 5 N–H and O–H groups in total. The molecule has 0 saturated carbocycles. The second kappa shape index (κ2) is 4.75. The summed E-state index contributed by atoms with van der Waals surface area (Å²) in [6.07, 6.45) is 0.158. The zero-order valence-corrected chi connectivity index (χ0v) is 5.59. The third-order valence-corrected chi connectivity index (χ3v) is 0.879. The lowest BCUT2D eigenvalue weighted by Crippen LogP contribution is -2.32. The summed E-state index contributed by atoms with van der Waals surface area (Å²) in [7, 11) is 0. The predicted molar refractivity (Wildman–Crippen MR) is 35.9 cm³/mol. The van der Waals surface area contributed by atoms with E-state index in [9.17, 15) is 9.59 Å². The van der Waals surface area contributed by atoms with Crippen molar-refractivity contribution < 1.29 is 9.59 Å². The van der Waals surface area contributed by atoms with E-state index >= 15 is 0 Å². The minimum absolute atomic E-state index is 0.0568. The topological polar surface area (TPSA) is 98.2 Å². The van der Waals surface area contributed by atoms with Gasteiger partial charge in [0, 0.05) is 13.0 Å². The van der Waals surface area contributed by atoms with Gasteiger partial charge in [-0.3, -0.25) is 9.59 Å². The molecule has 0 atom stereocenters. The van der Waals surface area contributed by atoms with Crippen molar-refractivity contribution in [1.29, 1.82) is 0 Å². The van der Waals surface area contributed by atoms with E-state index in [1.807, 2.05) is 0 Å². The second-order valence-corrected chi connectivity index (χ2v) is 1.77. The lowest BCUT2D eigenvalue weighted by atomic mass is 10.4. The normalized spacial score (nSPS) is 8.90. The molecular formula is C5H11N3O2. The van der Waals surface area contributed by atoms with Gasteiger partial charge < -0.3 is 16.8 Å². The molecule has 0 spiro atoms. The quantitative estimate of drug-likeness (QED) is 0.424. The molecule has 58 valence electrons. The number of carbonyl (C=O) groups excluding carboxylic acids is 2. The molecule has 0 heterocycles. The lowest BCUT2D eigenvalue weighted by Gasteiger charge is -1.98. The number of nitrogens with one attached hydrogen (secondary N) is 1. The summed E-state index contributed by atoms with van der Waals surface area (Å²) < 4.78 is 0. The molecule has 5 heteroatoms. The Bertz CT molecular complexity index is 135. The molecule has 0 aliphatic heterocycles. The van der Waals surface area contributed by atoms with Crippen LogP contribution in [0.1, 0.15) is 6.42 Å². The van der Waals surface area contributed by atoms with Gasteiger partial charge >= 0.3 is 0 Å². The molecule has 2 amide bonds. The van der Waals surface area contributed by atoms with Crippen molar-refractivity contribution in [1.82, 2.24) is 5.32 Å². The maximum absolute atomic E-state index is 10.4. The van der Waals surface area contributed by atoms with Crippen molar-refractivity contribution in [2.24, 2.45) is 11.5 Å². The van der Waals surface area contributed by atoms with Crippen LogP contribution in [-0.2, 0) is 9.59 Å². The number of amides is 2. The Balaban J connectivity index is 3.20. The molecule has 0 aromatic carbocycles. The van der Waals surface area contributed by atoms with Gasteiger partial charge in [0.25, 0.3) is 0 Å². The van der Waals surface area contributed by atoms with Crippen LogP contribution >= 0.6 is 0 Å². The molecule has 0 bridgehead atoms. The third kappa shape index (κ3) is 5.04. The van der Waals surface area contributed by atoms with Gasteiger partial charge in [-0.2, -0.15) is 0 Å². The first-order chi connectivity index (χ1) is 4.66. The highest BCUT2D eigenvalue weighted by molar-refractivity contribution is 5.79. The SMILES string of the molecule is NCC(=O)NCCC(N)=O. The highest BCUT2D eigenvalue weighted by Crippen LogP contribution is 1.71. The fourth-order valence-electron chi connectivity index (χ4n) is 0.397. The number of primary amides is 1. The van der Waals surface area contributed by atoms with Crippen molar-refractivity contribution in [3.8, 4) is 0 Å². The van der Waals surface area contributed by atoms with Crippen LogP contribution in [0, 0.1) is 0 Å². The molecule has 0 saturated heterocycles. The molecule has 0 aromatic heterocycles. The molecule has 0 aliphatic rings. The molecule has 10 heavy (non-hydrogen) atoms. The van der Waals surface area contributed by atoms with Crippen molar-refractivity contribution in [2.45, 2.75) is 6.42 Å². The average molecular weight is 145 g/mol. The maximum Gasteiger partial charge on any atom is 0.233 e. The van der Waals surface area contributed by atoms with Crippen molar-refractivity contribution in [3.63, 3.8) is 0 Å². The predicted octanol–water partition coefficient (Wildman–Crippen LogP) is -2.06. The first kappa shape index (κ1) is 8.90. The van der Waals surface area contributed by atoms with Gasteiger partial charge in [0.05, 0.1) is 6.54 Å². The fourth-order valence-corrected chi connectivity index (χ4v) is 0.397. The van der Waals surface area contributed by atoms with Gasteiger partial charge in [-0.05, 0) is 0 Å². The van der Waals surface area contributed by atoms with E-state index in [1.54, 1.807) is 0 Å². The van der Waals surface area contributed by atoms with E-state index in [-0.39, 0.29) is 25.4 Å². The van der Waals surface area contributed by atoms with Gasteiger partial charge in [-0.15, -0.1) is 0 Å². The smallest absolute Gasteiger partial charge is 0.233 e. The van der Waals surface area contributed by atoms with Gasteiger partial charge in [0.2, 0.25) is 11.8 Å². The largest absolute Gasteiger partial charge is 0.370 e. The minimum Gasteiger partial charge on any atom is -0.370 e. The van der Waals surface area contributed by atoms with Crippen LogP contribution in [0.25, 0.3) is 0 Å². The van der Waals surface area contributed by atoms with Gasteiger partial charge in [0.15, 0.2) is 0 Å². The van der Waals surface area contributed by atoms with Gasteiger partial charge in [-0.25, -0.2) is 0 Å². The summed E-state index contributed by atoms with van der Waals surface area (Å²) in [6, 6.07) is 0. The highest BCUT2D eigenvalue weighted by Gasteiger charge is 1.96. The van der Waals surface area contributed by atoms with Crippen LogP contribution in [0.2, 0.25) is 0 Å². The van der Waals surface area contributed by atoms with E-state index in [1.165, 1.54) is 0 Å². The molecule has 0 radical (unpaired) electrons. The lowest BCUT2D eigenvalue weighted by molar-refractivity contribution is -0.120. The Kier molecular flexibility index (Phi) is 4.23. The van der Waals surface area contributed by atoms with Crippen molar-refractivity contribution >= 4 is 11.8 Å². The van der Waals surface area contributed by atoms with E-state index < -0.39 is 5.91 Å². The fraction of sp³-hybridized carbons (Fsp3) is 0.600. The first-order valence-corrected chi connectivity index (χ1v) is 2.92. The van der Waals surface area contributed by atoms with Crippen LogP contribution in [0.3, 0.4) is 0 Å².